The van der Waals surface area contributed by atoms with E-state index in [-0.39, 0.29) is 11.8 Å². The number of fused-ring (bicyclic) bond motifs is 1. The molecule has 1 fully saturated rings. The van der Waals surface area contributed by atoms with Gasteiger partial charge < -0.3 is 14.8 Å². The largest absolute Gasteiger partial charge is 0.486 e. The minimum absolute atomic E-state index is 0.129. The Labute approximate surface area is 140 Å². The first-order chi connectivity index (χ1) is 10.9. The topological polar surface area (TPSA) is 81.7 Å². The number of benzene rings is 1. The molecule has 0 saturated heterocycles. The molecular weight excluding hydrogens is 342 g/mol. The first-order valence-electron chi connectivity index (χ1n) is 7.47. The van der Waals surface area contributed by atoms with Crippen molar-refractivity contribution in [3.63, 3.8) is 0 Å². The smallest absolute Gasteiger partial charge is 0.238 e. The highest BCUT2D eigenvalue weighted by Gasteiger charge is 2.32. The van der Waals surface area contributed by atoms with Crippen molar-refractivity contribution in [2.24, 2.45) is 0 Å². The second kappa shape index (κ2) is 6.20. The van der Waals surface area contributed by atoms with Crippen LogP contribution in [0.15, 0.2) is 12.1 Å². The Morgan fingerprint density at radius 3 is 2.74 bits per heavy atom. The van der Waals surface area contributed by atoms with Gasteiger partial charge in [-0.1, -0.05) is 11.6 Å². The summed E-state index contributed by atoms with van der Waals surface area (Å²) in [5.74, 6) is 0.140. The summed E-state index contributed by atoms with van der Waals surface area (Å²) in [6.07, 6.45) is 1.83. The van der Waals surface area contributed by atoms with Gasteiger partial charge in [0.05, 0.1) is 10.8 Å². The summed E-state index contributed by atoms with van der Waals surface area (Å²) in [5.41, 5.74) is 0.477. The molecule has 0 radical (unpaired) electrons. The Bertz CT molecular complexity index is 730. The third-order valence-corrected chi connectivity index (χ3v) is 6.16. The SMILES string of the molecule is C[C@@H](C(=O)NC1CC1)S(=O)(=O)Cc1cc(Cl)c2c(c1)OCCO2. The fraction of sp³-hybridized carbons (Fsp3) is 0.533. The van der Waals surface area contributed by atoms with Crippen LogP contribution in [0.3, 0.4) is 0 Å². The van der Waals surface area contributed by atoms with Crippen molar-refractivity contribution < 1.29 is 22.7 Å². The number of hydrogen-bond donors (Lipinski definition) is 1. The van der Waals surface area contributed by atoms with Crippen molar-refractivity contribution in [1.82, 2.24) is 5.32 Å². The number of ether oxygens (including phenoxy) is 2. The van der Waals surface area contributed by atoms with Crippen LogP contribution in [0.5, 0.6) is 11.5 Å². The quantitative estimate of drug-likeness (QED) is 0.865. The van der Waals surface area contributed by atoms with Gasteiger partial charge in [0.2, 0.25) is 5.91 Å². The number of carbonyl (C=O) groups is 1. The molecular formula is C15H18ClNO5S. The van der Waals surface area contributed by atoms with Gasteiger partial charge in [0.15, 0.2) is 21.3 Å². The van der Waals surface area contributed by atoms with E-state index < -0.39 is 21.0 Å². The monoisotopic (exact) mass is 359 g/mol. The van der Waals surface area contributed by atoms with Gasteiger partial charge in [-0.15, -0.1) is 0 Å². The molecule has 8 heteroatoms. The molecule has 0 spiro atoms. The summed E-state index contributed by atoms with van der Waals surface area (Å²) in [5, 5.41) is 1.92. The summed E-state index contributed by atoms with van der Waals surface area (Å²) in [6.45, 7) is 2.20. The second-order valence-corrected chi connectivity index (χ2v) is 8.56. The summed E-state index contributed by atoms with van der Waals surface area (Å²) < 4.78 is 35.7. The molecule has 1 aromatic carbocycles. The molecule has 3 rings (SSSR count). The summed E-state index contributed by atoms with van der Waals surface area (Å²) in [7, 11) is -3.64. The number of amides is 1. The standard InChI is InChI=1S/C15H18ClNO5S/c1-9(15(18)17-11-2-3-11)23(19,20)8-10-6-12(16)14-13(7-10)21-4-5-22-14/h6-7,9,11H,2-5,8H2,1H3,(H,17,18)/t9-/m0/s1. The molecule has 6 nitrogen and oxygen atoms in total. The number of sulfone groups is 1. The first kappa shape index (κ1) is 16.4. The molecule has 1 atom stereocenters. The molecule has 0 unspecified atom stereocenters. The lowest BCUT2D eigenvalue weighted by molar-refractivity contribution is -0.120. The number of carbonyl (C=O) groups excluding carboxylic acids is 1. The van der Waals surface area contributed by atoms with Crippen molar-refractivity contribution in [3.05, 3.63) is 22.7 Å². The van der Waals surface area contributed by atoms with Crippen LogP contribution in [0, 0.1) is 0 Å². The number of rotatable bonds is 5. The highest BCUT2D eigenvalue weighted by molar-refractivity contribution is 7.92. The van der Waals surface area contributed by atoms with E-state index in [0.29, 0.717) is 35.3 Å². The molecule has 1 saturated carbocycles. The molecule has 1 heterocycles. The highest BCUT2D eigenvalue weighted by atomic mass is 35.5. The number of nitrogens with one attached hydrogen (secondary N) is 1. The zero-order chi connectivity index (χ0) is 16.6. The third-order valence-electron chi connectivity index (χ3n) is 3.86. The van der Waals surface area contributed by atoms with Crippen molar-refractivity contribution in [1.29, 1.82) is 0 Å². The average Bonchev–Trinajstić information content (AvgIpc) is 3.30. The fourth-order valence-electron chi connectivity index (χ4n) is 2.31. The lowest BCUT2D eigenvalue weighted by atomic mass is 10.2. The first-order valence-corrected chi connectivity index (χ1v) is 9.56. The van der Waals surface area contributed by atoms with Crippen LogP contribution in [-0.4, -0.2) is 38.8 Å². The van der Waals surface area contributed by atoms with E-state index in [9.17, 15) is 13.2 Å². The van der Waals surface area contributed by atoms with Crippen LogP contribution in [0.25, 0.3) is 0 Å². The molecule has 1 amide bonds. The third kappa shape index (κ3) is 3.72. The maximum absolute atomic E-state index is 12.4. The molecule has 0 aromatic heterocycles. The van der Waals surface area contributed by atoms with Crippen molar-refractivity contribution in [3.8, 4) is 11.5 Å². The Hall–Kier alpha value is -1.47. The second-order valence-electron chi connectivity index (χ2n) is 5.83. The maximum atomic E-state index is 12.4. The average molecular weight is 360 g/mol. The molecule has 1 aliphatic carbocycles. The molecule has 126 valence electrons. The minimum Gasteiger partial charge on any atom is -0.486 e. The number of halogens is 1. The predicted molar refractivity (Wildman–Crippen MR) is 85.7 cm³/mol. The zero-order valence-corrected chi connectivity index (χ0v) is 14.2. The van der Waals surface area contributed by atoms with Gasteiger partial charge >= 0.3 is 0 Å². The Morgan fingerprint density at radius 2 is 2.04 bits per heavy atom. The molecule has 1 aliphatic heterocycles. The summed E-state index contributed by atoms with van der Waals surface area (Å²) >= 11 is 6.12. The van der Waals surface area contributed by atoms with Gasteiger partial charge in [-0.2, -0.15) is 0 Å². The van der Waals surface area contributed by atoms with Crippen LogP contribution < -0.4 is 14.8 Å². The molecule has 23 heavy (non-hydrogen) atoms. The molecule has 1 aromatic rings. The van der Waals surface area contributed by atoms with E-state index in [1.165, 1.54) is 13.0 Å². The van der Waals surface area contributed by atoms with E-state index >= 15 is 0 Å². The summed E-state index contributed by atoms with van der Waals surface area (Å²) in [6, 6.07) is 3.27. The minimum atomic E-state index is -3.64. The molecule has 0 bridgehead atoms. The van der Waals surface area contributed by atoms with Crippen LogP contribution in [0.4, 0.5) is 0 Å². The predicted octanol–water partition coefficient (Wildman–Crippen LogP) is 1.69. The van der Waals surface area contributed by atoms with Gasteiger partial charge in [-0.05, 0) is 37.5 Å². The van der Waals surface area contributed by atoms with E-state index in [2.05, 4.69) is 5.32 Å². The van der Waals surface area contributed by atoms with Crippen LogP contribution in [-0.2, 0) is 20.4 Å². The van der Waals surface area contributed by atoms with E-state index in [1.54, 1.807) is 6.07 Å². The zero-order valence-electron chi connectivity index (χ0n) is 12.7. The van der Waals surface area contributed by atoms with E-state index in [4.69, 9.17) is 21.1 Å². The maximum Gasteiger partial charge on any atom is 0.238 e. The van der Waals surface area contributed by atoms with E-state index in [1.807, 2.05) is 0 Å². The fourth-order valence-corrected chi connectivity index (χ4v) is 3.88. The lowest BCUT2D eigenvalue weighted by Crippen LogP contribution is -2.39. The van der Waals surface area contributed by atoms with Crippen LogP contribution >= 0.6 is 11.6 Å². The van der Waals surface area contributed by atoms with Gasteiger partial charge in [-0.25, -0.2) is 8.42 Å². The lowest BCUT2D eigenvalue weighted by Gasteiger charge is -2.20. The van der Waals surface area contributed by atoms with Gasteiger partial charge in [0.25, 0.3) is 0 Å². The molecule has 1 N–H and O–H groups in total. The van der Waals surface area contributed by atoms with Crippen LogP contribution in [0.2, 0.25) is 5.02 Å². The van der Waals surface area contributed by atoms with Crippen molar-refractivity contribution >= 4 is 27.3 Å². The Kier molecular flexibility index (Phi) is 4.42. The Morgan fingerprint density at radius 1 is 1.35 bits per heavy atom. The van der Waals surface area contributed by atoms with Crippen LogP contribution in [0.1, 0.15) is 25.3 Å². The molecule has 2 aliphatic rings. The summed E-state index contributed by atoms with van der Waals surface area (Å²) in [4.78, 5) is 12.0. The van der Waals surface area contributed by atoms with Gasteiger partial charge in [-0.3, -0.25) is 4.79 Å². The number of hydrogen-bond acceptors (Lipinski definition) is 5. The normalized spacial score (nSPS) is 18.3. The van der Waals surface area contributed by atoms with Crippen molar-refractivity contribution in [2.45, 2.75) is 36.8 Å². The van der Waals surface area contributed by atoms with Gasteiger partial charge in [0, 0.05) is 6.04 Å². The van der Waals surface area contributed by atoms with Gasteiger partial charge in [0.1, 0.15) is 18.5 Å². The highest BCUT2D eigenvalue weighted by Crippen LogP contribution is 2.38. The Balaban J connectivity index is 1.77. The van der Waals surface area contributed by atoms with Crippen molar-refractivity contribution in [2.75, 3.05) is 13.2 Å². The van der Waals surface area contributed by atoms with E-state index in [0.717, 1.165) is 12.8 Å².